The van der Waals surface area contributed by atoms with Gasteiger partial charge in [-0.1, -0.05) is 6.08 Å². The molecule has 0 unspecified atom stereocenters. The van der Waals surface area contributed by atoms with Crippen LogP contribution in [-0.2, 0) is 9.53 Å². The summed E-state index contributed by atoms with van der Waals surface area (Å²) in [4.78, 5) is 10.3. The Kier molecular flexibility index (Phi) is 4.78. The van der Waals surface area contributed by atoms with Crippen LogP contribution in [0.2, 0.25) is 0 Å². The molecule has 0 aliphatic heterocycles. The molecule has 0 aliphatic rings. The van der Waals surface area contributed by atoms with E-state index in [9.17, 15) is 9.18 Å². The number of carbonyl (C=O) groups excluding carboxylic acids is 1. The van der Waals surface area contributed by atoms with E-state index in [0.717, 1.165) is 0 Å². The Morgan fingerprint density at radius 2 is 2.44 bits per heavy atom. The smallest absolute Gasteiger partial charge is 0.330 e. The Morgan fingerprint density at radius 1 is 1.78 bits per heavy atom. The highest BCUT2D eigenvalue weighted by molar-refractivity contribution is 5.81. The van der Waals surface area contributed by atoms with Gasteiger partial charge in [0.05, 0.1) is 0 Å². The highest BCUT2D eigenvalue weighted by Gasteiger charge is 1.92. The molecule has 0 amide bonds. The van der Waals surface area contributed by atoms with Crippen LogP contribution in [0.5, 0.6) is 0 Å². The highest BCUT2D eigenvalue weighted by atomic mass is 19.1. The quantitative estimate of drug-likeness (QED) is 0.424. The number of alkyl halides is 1. The maximum Gasteiger partial charge on any atom is 0.330 e. The minimum absolute atomic E-state index is 0.150. The average Bonchev–Trinajstić information content (AvgIpc) is 1.85. The number of rotatable bonds is 3. The molecular weight excluding hydrogens is 123 g/mol. The van der Waals surface area contributed by atoms with Gasteiger partial charge >= 0.3 is 5.97 Å². The number of carbonyl (C=O) groups is 1. The summed E-state index contributed by atoms with van der Waals surface area (Å²) in [6, 6.07) is 0. The highest BCUT2D eigenvalue weighted by Crippen LogP contribution is 1.80. The SMILES string of the molecule is C/C=C/C(=O)OCCF. The maximum absolute atomic E-state index is 11.3. The number of allylic oxidation sites excluding steroid dienone is 1. The zero-order valence-electron chi connectivity index (χ0n) is 5.26. The summed E-state index contributed by atoms with van der Waals surface area (Å²) in [6.07, 6.45) is 2.79. The lowest BCUT2D eigenvalue weighted by Gasteiger charge is -1.93. The monoisotopic (exact) mass is 132 g/mol. The third-order valence-electron chi connectivity index (χ3n) is 0.624. The van der Waals surface area contributed by atoms with Crippen LogP contribution in [0.1, 0.15) is 6.92 Å². The van der Waals surface area contributed by atoms with Crippen LogP contribution in [-0.4, -0.2) is 19.3 Å². The van der Waals surface area contributed by atoms with Gasteiger partial charge in [0, 0.05) is 6.08 Å². The van der Waals surface area contributed by atoms with Gasteiger partial charge in [-0.2, -0.15) is 0 Å². The normalized spacial score (nSPS) is 10.0. The van der Waals surface area contributed by atoms with E-state index in [2.05, 4.69) is 4.74 Å². The third kappa shape index (κ3) is 5.00. The van der Waals surface area contributed by atoms with Crippen LogP contribution in [0.4, 0.5) is 4.39 Å². The van der Waals surface area contributed by atoms with Crippen molar-refractivity contribution in [3.05, 3.63) is 12.2 Å². The molecule has 0 bridgehead atoms. The first-order chi connectivity index (χ1) is 4.31. The topological polar surface area (TPSA) is 26.3 Å². The number of hydrogen-bond donors (Lipinski definition) is 0. The summed E-state index contributed by atoms with van der Waals surface area (Å²) >= 11 is 0. The minimum atomic E-state index is -0.622. The fraction of sp³-hybridized carbons (Fsp3) is 0.500. The number of hydrogen-bond acceptors (Lipinski definition) is 2. The van der Waals surface area contributed by atoms with Crippen LogP contribution in [0, 0.1) is 0 Å². The van der Waals surface area contributed by atoms with Crippen molar-refractivity contribution in [2.24, 2.45) is 0 Å². The molecule has 0 fully saturated rings. The minimum Gasteiger partial charge on any atom is -0.460 e. The van der Waals surface area contributed by atoms with Crippen molar-refractivity contribution in [2.45, 2.75) is 6.92 Å². The van der Waals surface area contributed by atoms with Crippen molar-refractivity contribution >= 4 is 5.97 Å². The van der Waals surface area contributed by atoms with Gasteiger partial charge in [-0.3, -0.25) is 0 Å². The van der Waals surface area contributed by atoms with E-state index in [1.54, 1.807) is 13.0 Å². The molecule has 0 aliphatic carbocycles. The molecule has 0 radical (unpaired) electrons. The lowest BCUT2D eigenvalue weighted by atomic mass is 10.5. The standard InChI is InChI=1S/C6H9FO2/c1-2-3-6(8)9-5-4-7/h2-3H,4-5H2,1H3/b3-2+. The van der Waals surface area contributed by atoms with Crippen molar-refractivity contribution in [3.63, 3.8) is 0 Å². The van der Waals surface area contributed by atoms with E-state index in [0.29, 0.717) is 0 Å². The van der Waals surface area contributed by atoms with E-state index in [4.69, 9.17) is 0 Å². The molecule has 0 atom stereocenters. The van der Waals surface area contributed by atoms with Crippen LogP contribution in [0.25, 0.3) is 0 Å². The van der Waals surface area contributed by atoms with Gasteiger partial charge in [-0.05, 0) is 6.92 Å². The maximum atomic E-state index is 11.3. The number of esters is 1. The summed E-state index contributed by atoms with van der Waals surface area (Å²) in [7, 11) is 0. The molecule has 0 saturated heterocycles. The Labute approximate surface area is 53.3 Å². The molecule has 2 nitrogen and oxygen atoms in total. The van der Waals surface area contributed by atoms with Crippen molar-refractivity contribution in [1.29, 1.82) is 0 Å². The largest absolute Gasteiger partial charge is 0.460 e. The van der Waals surface area contributed by atoms with Crippen LogP contribution in [0.3, 0.4) is 0 Å². The number of ether oxygens (including phenoxy) is 1. The first kappa shape index (κ1) is 8.14. The Bertz CT molecular complexity index is 110. The van der Waals surface area contributed by atoms with Crippen molar-refractivity contribution in [2.75, 3.05) is 13.3 Å². The zero-order chi connectivity index (χ0) is 7.11. The molecular formula is C6H9FO2. The van der Waals surface area contributed by atoms with Gasteiger partial charge < -0.3 is 4.74 Å². The second kappa shape index (κ2) is 5.28. The Hall–Kier alpha value is -0.860. The summed E-state index contributed by atoms with van der Waals surface area (Å²) in [5.41, 5.74) is 0. The summed E-state index contributed by atoms with van der Waals surface area (Å²) in [6.45, 7) is 0.920. The van der Waals surface area contributed by atoms with Gasteiger partial charge in [-0.25, -0.2) is 9.18 Å². The van der Waals surface area contributed by atoms with E-state index in [1.807, 2.05) is 0 Å². The average molecular weight is 132 g/mol. The van der Waals surface area contributed by atoms with E-state index < -0.39 is 12.6 Å². The lowest BCUT2D eigenvalue weighted by Crippen LogP contribution is -2.02. The summed E-state index contributed by atoms with van der Waals surface area (Å²) in [5.74, 6) is -0.491. The van der Waals surface area contributed by atoms with E-state index in [-0.39, 0.29) is 6.61 Å². The number of halogens is 1. The van der Waals surface area contributed by atoms with Gasteiger partial charge in [0.25, 0.3) is 0 Å². The van der Waals surface area contributed by atoms with Gasteiger partial charge in [0.2, 0.25) is 0 Å². The first-order valence-corrected chi connectivity index (χ1v) is 2.66. The predicted octanol–water partition coefficient (Wildman–Crippen LogP) is 1.08. The fourth-order valence-electron chi connectivity index (χ4n) is 0.323. The third-order valence-corrected chi connectivity index (χ3v) is 0.624. The van der Waals surface area contributed by atoms with E-state index in [1.165, 1.54) is 6.08 Å². The molecule has 52 valence electrons. The van der Waals surface area contributed by atoms with Gasteiger partial charge in [-0.15, -0.1) is 0 Å². The molecule has 0 aromatic carbocycles. The fourth-order valence-corrected chi connectivity index (χ4v) is 0.323. The second-order valence-electron chi connectivity index (χ2n) is 1.36. The zero-order valence-corrected chi connectivity index (χ0v) is 5.26. The van der Waals surface area contributed by atoms with Gasteiger partial charge in [0.1, 0.15) is 13.3 Å². The van der Waals surface area contributed by atoms with Crippen molar-refractivity contribution in [1.82, 2.24) is 0 Å². The molecule has 0 saturated carbocycles. The molecule has 0 heterocycles. The molecule has 9 heavy (non-hydrogen) atoms. The van der Waals surface area contributed by atoms with Crippen LogP contribution < -0.4 is 0 Å². The molecule has 3 heteroatoms. The van der Waals surface area contributed by atoms with Crippen LogP contribution in [0.15, 0.2) is 12.2 Å². The molecule has 0 spiro atoms. The summed E-state index contributed by atoms with van der Waals surface area (Å²) in [5, 5.41) is 0. The Balaban J connectivity index is 3.27. The molecule has 0 N–H and O–H groups in total. The lowest BCUT2D eigenvalue weighted by molar-refractivity contribution is -0.138. The van der Waals surface area contributed by atoms with Gasteiger partial charge in [0.15, 0.2) is 0 Å². The Morgan fingerprint density at radius 3 is 2.89 bits per heavy atom. The second-order valence-corrected chi connectivity index (χ2v) is 1.36. The first-order valence-electron chi connectivity index (χ1n) is 2.66. The van der Waals surface area contributed by atoms with E-state index >= 15 is 0 Å². The van der Waals surface area contributed by atoms with Crippen LogP contribution >= 0.6 is 0 Å². The molecule has 0 aromatic heterocycles. The predicted molar refractivity (Wildman–Crippen MR) is 31.7 cm³/mol. The summed E-state index contributed by atoms with van der Waals surface area (Å²) < 4.78 is 15.6. The van der Waals surface area contributed by atoms with Crippen molar-refractivity contribution < 1.29 is 13.9 Å². The van der Waals surface area contributed by atoms with Crippen molar-refractivity contribution in [3.8, 4) is 0 Å². The molecule has 0 rings (SSSR count). The molecule has 0 aromatic rings.